The number of nitrogens with zero attached hydrogens (tertiary/aromatic N) is 2. The average Bonchev–Trinajstić information content (AvgIpc) is 2.73. The highest BCUT2D eigenvalue weighted by molar-refractivity contribution is 8.30. The van der Waals surface area contributed by atoms with Crippen molar-refractivity contribution in [2.24, 2.45) is 7.05 Å². The normalized spacial score (nSPS) is 20.6. The Labute approximate surface area is 111 Å². The van der Waals surface area contributed by atoms with Gasteiger partial charge < -0.3 is 4.57 Å². The molecule has 17 heavy (non-hydrogen) atoms. The average molecular weight is 286 g/mol. The Morgan fingerprint density at radius 2 is 1.94 bits per heavy atom. The van der Waals surface area contributed by atoms with Crippen molar-refractivity contribution in [1.82, 2.24) is 9.47 Å². The van der Waals surface area contributed by atoms with Gasteiger partial charge in [0.2, 0.25) is 0 Å². The van der Waals surface area contributed by atoms with Gasteiger partial charge in [-0.3, -0.25) is 14.5 Å². The Hall–Kier alpha value is -0.920. The maximum Gasteiger partial charge on any atom is 0.268 e. The number of amides is 1. The first-order chi connectivity index (χ1) is 7.97. The zero-order valence-corrected chi connectivity index (χ0v) is 12.0. The van der Waals surface area contributed by atoms with Crippen LogP contribution < -0.4 is 14.8 Å². The summed E-state index contributed by atoms with van der Waals surface area (Å²) in [4.78, 5) is 25.7. The molecule has 4 nitrogen and oxygen atoms in total. The minimum Gasteiger partial charge on any atom is -0.301 e. The molecule has 0 spiro atoms. The number of aromatic nitrogens is 1. The van der Waals surface area contributed by atoms with Crippen molar-refractivity contribution in [3.8, 4) is 0 Å². The Bertz CT molecular complexity index is 683. The molecule has 1 amide bonds. The molecule has 1 aromatic heterocycles. The molecule has 0 N–H and O–H groups in total. The third kappa shape index (κ3) is 1.88. The van der Waals surface area contributed by atoms with E-state index in [0.29, 0.717) is 18.4 Å². The summed E-state index contributed by atoms with van der Waals surface area (Å²) < 4.78 is 3.34. The van der Waals surface area contributed by atoms with Crippen molar-refractivity contribution in [2.75, 3.05) is 7.05 Å². The lowest BCUT2D eigenvalue weighted by atomic mass is 10.5. The SMILES string of the molecule is C/C=c1\s/c(=C2/SC(=S)N(C)C2=O)n(C)c1=O. The maximum atomic E-state index is 11.9. The Morgan fingerprint density at radius 1 is 1.29 bits per heavy atom. The van der Waals surface area contributed by atoms with E-state index in [2.05, 4.69) is 0 Å². The molecule has 0 atom stereocenters. The van der Waals surface area contributed by atoms with Crippen LogP contribution in [0.3, 0.4) is 0 Å². The van der Waals surface area contributed by atoms with E-state index in [1.807, 2.05) is 6.92 Å². The zero-order chi connectivity index (χ0) is 12.7. The van der Waals surface area contributed by atoms with Gasteiger partial charge in [0, 0.05) is 14.1 Å². The lowest BCUT2D eigenvalue weighted by molar-refractivity contribution is -0.119. The Kier molecular flexibility index (Phi) is 3.24. The van der Waals surface area contributed by atoms with E-state index in [4.69, 9.17) is 12.2 Å². The van der Waals surface area contributed by atoms with Crippen molar-refractivity contribution in [3.63, 3.8) is 0 Å². The number of thiazole rings is 1. The van der Waals surface area contributed by atoms with Crippen LogP contribution in [0, 0.1) is 0 Å². The lowest BCUT2D eigenvalue weighted by Gasteiger charge is -2.03. The number of hydrogen-bond donors (Lipinski definition) is 0. The van der Waals surface area contributed by atoms with Crippen molar-refractivity contribution in [1.29, 1.82) is 0 Å². The molecule has 1 aliphatic heterocycles. The Morgan fingerprint density at radius 3 is 2.35 bits per heavy atom. The number of carbonyl (C=O) groups is 1. The van der Waals surface area contributed by atoms with E-state index in [9.17, 15) is 9.59 Å². The van der Waals surface area contributed by atoms with Crippen molar-refractivity contribution >= 4 is 56.5 Å². The summed E-state index contributed by atoms with van der Waals surface area (Å²) in [5, 5.41) is 0. The predicted octanol–water partition coefficient (Wildman–Crippen LogP) is -0.154. The molecule has 1 fully saturated rings. The van der Waals surface area contributed by atoms with Gasteiger partial charge in [-0.25, -0.2) is 0 Å². The van der Waals surface area contributed by atoms with Crippen molar-refractivity contribution in [3.05, 3.63) is 19.5 Å². The molecular formula is C10H10N2O2S3. The van der Waals surface area contributed by atoms with Gasteiger partial charge in [-0.1, -0.05) is 30.1 Å². The van der Waals surface area contributed by atoms with E-state index < -0.39 is 0 Å². The smallest absolute Gasteiger partial charge is 0.268 e. The summed E-state index contributed by atoms with van der Waals surface area (Å²) in [7, 11) is 3.31. The third-order valence-electron chi connectivity index (χ3n) is 2.45. The standard InChI is InChI=1S/C10H10N2O2S3/c1-4-5-7(13)11(2)9(16-5)6-8(14)12(3)10(15)17-6/h4H,1-3H3/b5-4-,9-6+. The number of rotatable bonds is 0. The molecule has 2 heterocycles. The zero-order valence-electron chi connectivity index (χ0n) is 9.51. The molecule has 1 saturated heterocycles. The van der Waals surface area contributed by atoms with Crippen LogP contribution in [0.25, 0.3) is 11.0 Å². The summed E-state index contributed by atoms with van der Waals surface area (Å²) >= 11 is 7.63. The number of thiocarbonyl (C=S) groups is 1. The van der Waals surface area contributed by atoms with E-state index in [1.54, 1.807) is 20.2 Å². The second-order valence-electron chi connectivity index (χ2n) is 3.49. The minimum atomic E-state index is -0.139. The monoisotopic (exact) mass is 286 g/mol. The molecular weight excluding hydrogens is 276 g/mol. The highest BCUT2D eigenvalue weighted by Gasteiger charge is 2.30. The fourth-order valence-electron chi connectivity index (χ4n) is 1.42. The van der Waals surface area contributed by atoms with Gasteiger partial charge in [0.1, 0.15) is 13.9 Å². The third-order valence-corrected chi connectivity index (χ3v) is 5.42. The van der Waals surface area contributed by atoms with Crippen LogP contribution in [0.5, 0.6) is 0 Å². The van der Waals surface area contributed by atoms with Gasteiger partial charge >= 0.3 is 0 Å². The molecule has 0 aliphatic carbocycles. The largest absolute Gasteiger partial charge is 0.301 e. The van der Waals surface area contributed by atoms with Gasteiger partial charge in [0.05, 0.1) is 4.53 Å². The number of hydrogen-bond acceptors (Lipinski definition) is 5. The molecule has 7 heteroatoms. The van der Waals surface area contributed by atoms with Crippen LogP contribution in [0.2, 0.25) is 0 Å². The van der Waals surface area contributed by atoms with Crippen molar-refractivity contribution < 1.29 is 4.79 Å². The molecule has 0 radical (unpaired) electrons. The molecule has 0 saturated carbocycles. The second-order valence-corrected chi connectivity index (χ2v) is 6.16. The summed E-state index contributed by atoms with van der Waals surface area (Å²) in [5.41, 5.74) is -0.0751. The van der Waals surface area contributed by atoms with Crippen LogP contribution in [0.4, 0.5) is 0 Å². The molecule has 90 valence electrons. The van der Waals surface area contributed by atoms with Crippen molar-refractivity contribution in [2.45, 2.75) is 6.92 Å². The Balaban J connectivity index is 2.82. The summed E-state index contributed by atoms with van der Waals surface area (Å²) in [6.45, 7) is 1.81. The van der Waals surface area contributed by atoms with E-state index in [1.165, 1.54) is 32.6 Å². The predicted molar refractivity (Wildman–Crippen MR) is 75.3 cm³/mol. The quantitative estimate of drug-likeness (QED) is 0.622. The fraction of sp³-hybridized carbons (Fsp3) is 0.300. The topological polar surface area (TPSA) is 42.3 Å². The first-order valence-electron chi connectivity index (χ1n) is 4.83. The molecule has 1 aromatic rings. The molecule has 0 bridgehead atoms. The van der Waals surface area contributed by atoms with E-state index in [-0.39, 0.29) is 11.5 Å². The van der Waals surface area contributed by atoms with Gasteiger partial charge in [-0.15, -0.1) is 11.3 Å². The summed E-state index contributed by atoms with van der Waals surface area (Å²) in [6.07, 6.45) is 1.75. The lowest BCUT2D eigenvalue weighted by Crippen LogP contribution is -2.30. The summed E-state index contributed by atoms with van der Waals surface area (Å²) in [6, 6.07) is 0. The fourth-order valence-corrected chi connectivity index (χ4v) is 3.80. The maximum absolute atomic E-state index is 11.9. The van der Waals surface area contributed by atoms with E-state index in [0.717, 1.165) is 0 Å². The second kappa shape index (κ2) is 4.40. The van der Waals surface area contributed by atoms with Gasteiger partial charge in [0.15, 0.2) is 0 Å². The van der Waals surface area contributed by atoms with Crippen LogP contribution >= 0.6 is 35.3 Å². The highest BCUT2D eigenvalue weighted by atomic mass is 32.2. The first-order valence-corrected chi connectivity index (χ1v) is 6.87. The van der Waals surface area contributed by atoms with Gasteiger partial charge in [0.25, 0.3) is 11.5 Å². The summed E-state index contributed by atoms with van der Waals surface area (Å²) in [5.74, 6) is -0.139. The number of carbonyl (C=O) groups excluding carboxylic acids is 1. The van der Waals surface area contributed by atoms with Gasteiger partial charge in [-0.2, -0.15) is 0 Å². The number of thioether (sulfide) groups is 1. The molecule has 0 unspecified atom stereocenters. The van der Waals surface area contributed by atoms with Gasteiger partial charge in [-0.05, 0) is 6.92 Å². The highest BCUT2D eigenvalue weighted by Crippen LogP contribution is 2.29. The molecule has 0 aromatic carbocycles. The van der Waals surface area contributed by atoms with E-state index >= 15 is 0 Å². The van der Waals surface area contributed by atoms with Crippen LogP contribution in [0.15, 0.2) is 4.79 Å². The van der Waals surface area contributed by atoms with Crippen LogP contribution in [-0.4, -0.2) is 26.7 Å². The molecule has 1 aliphatic rings. The first kappa shape index (κ1) is 12.5. The minimum absolute atomic E-state index is 0.0751. The van der Waals surface area contributed by atoms with Crippen LogP contribution in [-0.2, 0) is 11.8 Å². The van der Waals surface area contributed by atoms with Crippen LogP contribution in [0.1, 0.15) is 6.92 Å². The molecule has 2 rings (SSSR count).